The van der Waals surface area contributed by atoms with E-state index in [1.54, 1.807) is 17.1 Å². The average Bonchev–Trinajstić information content (AvgIpc) is 3.42. The molecule has 0 N–H and O–H groups in total. The van der Waals surface area contributed by atoms with E-state index in [0.29, 0.717) is 27.9 Å². The molecule has 5 heterocycles. The van der Waals surface area contributed by atoms with Gasteiger partial charge in [0.25, 0.3) is 0 Å². The molecule has 2 fully saturated rings. The van der Waals surface area contributed by atoms with Crippen LogP contribution in [-0.4, -0.2) is 84.2 Å². The van der Waals surface area contributed by atoms with E-state index in [1.807, 2.05) is 36.9 Å². The number of nitrogens with zero attached hydrogens (tertiary/aromatic N) is 7. The number of likely N-dealkylation sites (tertiary alicyclic amines) is 1. The fourth-order valence-corrected chi connectivity index (χ4v) is 8.49. The van der Waals surface area contributed by atoms with Gasteiger partial charge in [-0.2, -0.15) is 5.10 Å². The number of Topliss-reactive ketones (excluding diaryl/α,β-unsaturated/α-hetero) is 2. The molecule has 0 unspecified atom stereocenters. The van der Waals surface area contributed by atoms with Gasteiger partial charge < -0.3 is 9.80 Å². The minimum atomic E-state index is -0.522. The smallest absolute Gasteiger partial charge is 0.245 e. The first-order valence-corrected chi connectivity index (χ1v) is 17.8. The molecule has 2 bridgehead atoms. The van der Waals surface area contributed by atoms with Crippen LogP contribution >= 0.6 is 15.9 Å². The number of aromatic nitrogens is 5. The normalized spacial score (nSPS) is 23.4. The van der Waals surface area contributed by atoms with Gasteiger partial charge in [0.2, 0.25) is 5.91 Å². The maximum absolute atomic E-state index is 14.4. The second-order valence-corrected chi connectivity index (χ2v) is 15.0. The number of fused-ring (bicyclic) bond motifs is 3. The monoisotopic (exact) mass is 711 g/mol. The van der Waals surface area contributed by atoms with Gasteiger partial charge in [0, 0.05) is 48.3 Å². The van der Waals surface area contributed by atoms with E-state index in [4.69, 9.17) is 10.1 Å². The molecule has 1 aromatic carbocycles. The van der Waals surface area contributed by atoms with Crippen LogP contribution in [0.5, 0.6) is 0 Å². The highest BCUT2D eigenvalue weighted by Crippen LogP contribution is 2.60. The van der Waals surface area contributed by atoms with Crippen LogP contribution in [0.2, 0.25) is 0 Å². The molecule has 3 aromatic heterocycles. The van der Waals surface area contributed by atoms with Gasteiger partial charge in [-0.3, -0.25) is 19.1 Å². The fourth-order valence-electron chi connectivity index (χ4n) is 8.14. The molecule has 1 spiro atoms. The highest BCUT2D eigenvalue weighted by Gasteiger charge is 2.67. The number of benzene rings is 1. The van der Waals surface area contributed by atoms with Crippen molar-refractivity contribution in [2.45, 2.75) is 90.8 Å². The quantitative estimate of drug-likeness (QED) is 0.196. The van der Waals surface area contributed by atoms with Crippen LogP contribution in [0.3, 0.4) is 0 Å². The molecular weight excluding hydrogens is 670 g/mol. The molecule has 11 heteroatoms. The molecule has 0 radical (unpaired) electrons. The largest absolute Gasteiger partial charge is 0.327 e. The first-order chi connectivity index (χ1) is 23.0. The van der Waals surface area contributed by atoms with Crippen molar-refractivity contribution in [3.05, 3.63) is 69.6 Å². The van der Waals surface area contributed by atoms with Gasteiger partial charge in [-0.05, 0) is 110 Å². The maximum atomic E-state index is 14.4. The van der Waals surface area contributed by atoms with Crippen molar-refractivity contribution < 1.29 is 14.4 Å². The van der Waals surface area contributed by atoms with Crippen LogP contribution in [-0.2, 0) is 29.0 Å². The Morgan fingerprint density at radius 3 is 2.56 bits per heavy atom. The number of amides is 1. The van der Waals surface area contributed by atoms with Gasteiger partial charge in [-0.25, -0.2) is 15.0 Å². The third kappa shape index (κ3) is 6.22. The minimum absolute atomic E-state index is 0.00702. The van der Waals surface area contributed by atoms with Gasteiger partial charge in [0.05, 0.1) is 23.7 Å². The lowest BCUT2D eigenvalue weighted by Gasteiger charge is -2.27. The summed E-state index contributed by atoms with van der Waals surface area (Å²) in [5, 5.41) is 5.40. The van der Waals surface area contributed by atoms with E-state index in [1.165, 1.54) is 13.3 Å². The Morgan fingerprint density at radius 1 is 1.02 bits per heavy atom. The Hall–Kier alpha value is -3.83. The van der Waals surface area contributed by atoms with Crippen LogP contribution in [0.1, 0.15) is 78.6 Å². The van der Waals surface area contributed by atoms with Crippen molar-refractivity contribution in [2.24, 2.45) is 5.41 Å². The van der Waals surface area contributed by atoms with E-state index in [0.717, 1.165) is 78.7 Å². The van der Waals surface area contributed by atoms with E-state index in [-0.39, 0.29) is 41.9 Å². The number of aryl methyl sites for hydroxylation is 3. The van der Waals surface area contributed by atoms with Crippen LogP contribution in [0.4, 0.5) is 0 Å². The molecule has 3 atom stereocenters. The summed E-state index contributed by atoms with van der Waals surface area (Å²) in [5.74, 6) is 0.403. The van der Waals surface area contributed by atoms with Crippen LogP contribution in [0.25, 0.3) is 22.0 Å². The number of rotatable bonds is 4. The minimum Gasteiger partial charge on any atom is -0.327 e. The molecule has 4 aromatic rings. The summed E-state index contributed by atoms with van der Waals surface area (Å²) in [6.45, 7) is 7.13. The molecule has 2 aliphatic heterocycles. The van der Waals surface area contributed by atoms with Gasteiger partial charge in [0.15, 0.2) is 11.6 Å². The summed E-state index contributed by atoms with van der Waals surface area (Å²) in [7, 11) is 2.17. The van der Waals surface area contributed by atoms with E-state index >= 15 is 0 Å². The lowest BCUT2D eigenvalue weighted by atomic mass is 9.93. The number of piperidine rings is 1. The molecule has 1 saturated heterocycles. The predicted molar refractivity (Wildman–Crippen MR) is 187 cm³/mol. The van der Waals surface area contributed by atoms with Crippen molar-refractivity contribution in [3.63, 3.8) is 0 Å². The van der Waals surface area contributed by atoms with Crippen molar-refractivity contribution in [2.75, 3.05) is 20.1 Å². The van der Waals surface area contributed by atoms with E-state index < -0.39 is 6.04 Å². The number of carbonyl (C=O) groups excluding carboxylic acids is 3. The predicted octanol–water partition coefficient (Wildman–Crippen LogP) is 5.69. The van der Waals surface area contributed by atoms with Crippen molar-refractivity contribution in [1.82, 2.24) is 34.5 Å². The maximum Gasteiger partial charge on any atom is 0.245 e. The number of hydrogen-bond acceptors (Lipinski definition) is 8. The zero-order valence-corrected chi connectivity index (χ0v) is 29.7. The fraction of sp³-hybridized carbons (Fsp3) is 0.486. The van der Waals surface area contributed by atoms with Crippen molar-refractivity contribution in [3.8, 4) is 11.1 Å². The summed E-state index contributed by atoms with van der Waals surface area (Å²) in [4.78, 5) is 59.2. The first kappa shape index (κ1) is 32.7. The Morgan fingerprint density at radius 2 is 1.79 bits per heavy atom. The summed E-state index contributed by atoms with van der Waals surface area (Å²) in [6, 6.07) is 7.47. The Bertz CT molecular complexity index is 1920. The highest BCUT2D eigenvalue weighted by atomic mass is 79.9. The standard InChI is InChI=1S/C37H42BrN7O3/c1-22-13-26(27-18-39-24(3)40-19-27)14-28-35(23(2)46)42-44(36(22)28)20-34(48)45-30-16-37(17-32(37)45)21-43(4)12-8-6-5-7-9-25-10-11-33(38)41-29(25)15-31(30)47/h10-11,13-14,18-19,30,32H,5-9,12,15-17,20-21H2,1-4H3/t30-,32+,37-/m0/s1. The Kier molecular flexibility index (Phi) is 8.78. The zero-order chi connectivity index (χ0) is 33.7. The topological polar surface area (TPSA) is 114 Å². The van der Waals surface area contributed by atoms with E-state index in [9.17, 15) is 14.4 Å². The Labute approximate surface area is 289 Å². The lowest BCUT2D eigenvalue weighted by molar-refractivity contribution is -0.139. The molecule has 7 rings (SSSR count). The van der Waals surface area contributed by atoms with Crippen LogP contribution < -0.4 is 0 Å². The second kappa shape index (κ2) is 12.9. The van der Waals surface area contributed by atoms with Crippen LogP contribution in [0.15, 0.2) is 41.3 Å². The third-order valence-corrected chi connectivity index (χ3v) is 11.0. The van der Waals surface area contributed by atoms with E-state index in [2.05, 4.69) is 43.9 Å². The first-order valence-electron chi connectivity index (χ1n) is 17.0. The molecule has 10 nitrogen and oxygen atoms in total. The summed E-state index contributed by atoms with van der Waals surface area (Å²) in [5.41, 5.74) is 5.50. The molecule has 1 saturated carbocycles. The van der Waals surface area contributed by atoms with Gasteiger partial charge in [-0.15, -0.1) is 0 Å². The lowest BCUT2D eigenvalue weighted by Crippen LogP contribution is -2.45. The summed E-state index contributed by atoms with van der Waals surface area (Å²) in [6.07, 6.45) is 10.7. The number of ketones is 2. The average molecular weight is 713 g/mol. The molecule has 48 heavy (non-hydrogen) atoms. The van der Waals surface area contributed by atoms with Gasteiger partial charge in [-0.1, -0.05) is 18.9 Å². The Balaban J connectivity index is 1.22. The summed E-state index contributed by atoms with van der Waals surface area (Å²) < 4.78 is 2.38. The molecule has 1 aliphatic carbocycles. The van der Waals surface area contributed by atoms with Crippen molar-refractivity contribution in [1.29, 1.82) is 0 Å². The second-order valence-electron chi connectivity index (χ2n) is 14.2. The number of pyridine rings is 1. The zero-order valence-electron chi connectivity index (χ0n) is 28.1. The van der Waals surface area contributed by atoms with Gasteiger partial charge in [0.1, 0.15) is 22.7 Å². The molecule has 3 aliphatic rings. The number of carbonyl (C=O) groups is 3. The number of hydrogen-bond donors (Lipinski definition) is 0. The molecule has 1 amide bonds. The number of halogens is 1. The summed E-state index contributed by atoms with van der Waals surface area (Å²) >= 11 is 3.51. The molecule has 250 valence electrons. The van der Waals surface area contributed by atoms with Crippen LogP contribution in [0, 0.1) is 19.3 Å². The SMILES string of the molecule is CC(=O)c1nn(CC(=O)N2[C@H]3C[C@]4(C[C@@H]24)CN(C)CCCCCCc2ccc(Br)nc2CC3=O)c2c(C)cc(-c3cnc(C)nc3)cc12. The molecular formula is C37H42BrN7O3. The van der Waals surface area contributed by atoms with Crippen molar-refractivity contribution >= 4 is 44.3 Å². The highest BCUT2D eigenvalue weighted by molar-refractivity contribution is 9.10. The van der Waals surface area contributed by atoms with Gasteiger partial charge >= 0.3 is 0 Å². The third-order valence-electron chi connectivity index (χ3n) is 10.5.